The van der Waals surface area contributed by atoms with Crippen LogP contribution in [0.2, 0.25) is 0 Å². The third-order valence-corrected chi connectivity index (χ3v) is 9.23. The van der Waals surface area contributed by atoms with Crippen molar-refractivity contribution in [3.05, 3.63) is 66.0 Å². The van der Waals surface area contributed by atoms with Gasteiger partial charge in [-0.3, -0.25) is 19.2 Å². The molecule has 1 atom stereocenters. The molecule has 0 radical (unpaired) electrons. The summed E-state index contributed by atoms with van der Waals surface area (Å²) in [5.74, 6) is -0.628. The number of fused-ring (bicyclic) bond motifs is 1. The van der Waals surface area contributed by atoms with Gasteiger partial charge in [-0.05, 0) is 31.9 Å². The molecule has 5 rings (SSSR count). The number of ether oxygens (including phenoxy) is 2. The number of H-pyrrole nitrogens is 1. The number of halogens is 1. The molecule has 1 saturated heterocycles. The van der Waals surface area contributed by atoms with Crippen molar-refractivity contribution in [1.82, 2.24) is 39.8 Å². The normalized spacial score (nSPS) is 14.1. The fourth-order valence-corrected chi connectivity index (χ4v) is 6.37. The van der Waals surface area contributed by atoms with Crippen LogP contribution in [0.1, 0.15) is 60.2 Å². The van der Waals surface area contributed by atoms with Crippen LogP contribution >= 0.6 is 22.6 Å². The molecule has 15 heteroatoms. The van der Waals surface area contributed by atoms with Crippen LogP contribution in [-0.2, 0) is 20.9 Å². The molecule has 0 spiro atoms. The third kappa shape index (κ3) is 8.26. The molecule has 1 aliphatic rings. The number of hydrogen-bond donors (Lipinski definition) is 2. The van der Waals surface area contributed by atoms with Gasteiger partial charge < -0.3 is 29.6 Å². The second kappa shape index (κ2) is 15.9. The van der Waals surface area contributed by atoms with Crippen LogP contribution in [0.4, 0.5) is 0 Å². The molecule has 2 N–H and O–H groups in total. The molecule has 260 valence electrons. The SMILES string of the molecule is COc1cnc(-n2cnc(CNC(=O)C(C)(C)CCOC(C)CCI)n2)c2[nH]cc(C(=O)C(=O)N3CCN(C(=O)c4ccccc4)CC3)c12. The number of alkyl halides is 1. The molecule has 3 amide bonds. The number of ketones is 1. The van der Waals surface area contributed by atoms with Crippen LogP contribution in [0, 0.1) is 5.41 Å². The number of pyridine rings is 1. The summed E-state index contributed by atoms with van der Waals surface area (Å²) in [6, 6.07) is 8.96. The largest absolute Gasteiger partial charge is 0.494 e. The number of hydrogen-bond acceptors (Lipinski definition) is 9. The number of carbonyl (C=O) groups excluding carboxylic acids is 4. The van der Waals surface area contributed by atoms with E-state index in [1.54, 1.807) is 29.2 Å². The monoisotopic (exact) mass is 784 g/mol. The van der Waals surface area contributed by atoms with E-state index in [1.807, 2.05) is 26.8 Å². The van der Waals surface area contributed by atoms with Crippen molar-refractivity contribution in [3.8, 4) is 11.6 Å². The van der Waals surface area contributed by atoms with E-state index in [-0.39, 0.29) is 43.1 Å². The van der Waals surface area contributed by atoms with E-state index in [0.29, 0.717) is 60.0 Å². The van der Waals surface area contributed by atoms with Gasteiger partial charge in [0.25, 0.3) is 17.6 Å². The Morgan fingerprint density at radius 3 is 2.47 bits per heavy atom. The number of carbonyl (C=O) groups is 4. The van der Waals surface area contributed by atoms with Crippen LogP contribution in [0.25, 0.3) is 16.7 Å². The topological polar surface area (TPSA) is 165 Å². The maximum Gasteiger partial charge on any atom is 0.295 e. The highest BCUT2D eigenvalue weighted by molar-refractivity contribution is 14.1. The van der Waals surface area contributed by atoms with E-state index in [9.17, 15) is 19.2 Å². The number of rotatable bonds is 14. The van der Waals surface area contributed by atoms with E-state index in [4.69, 9.17) is 9.47 Å². The first-order valence-electron chi connectivity index (χ1n) is 16.1. The Bertz CT molecular complexity index is 1800. The molecule has 0 bridgehead atoms. The molecule has 0 aliphatic carbocycles. The summed E-state index contributed by atoms with van der Waals surface area (Å²) >= 11 is 2.32. The zero-order valence-electron chi connectivity index (χ0n) is 28.1. The second-order valence-corrected chi connectivity index (χ2v) is 13.5. The summed E-state index contributed by atoms with van der Waals surface area (Å²) in [6.45, 7) is 7.48. The molecular weight excluding hydrogens is 743 g/mol. The minimum atomic E-state index is -0.709. The molecule has 14 nitrogen and oxygen atoms in total. The Hall–Kier alpha value is -4.38. The fraction of sp³-hybridized carbons (Fsp3) is 0.441. The molecule has 1 aromatic carbocycles. The van der Waals surface area contributed by atoms with Crippen LogP contribution in [-0.4, -0.2) is 108 Å². The molecule has 1 aliphatic heterocycles. The van der Waals surface area contributed by atoms with Gasteiger partial charge >= 0.3 is 0 Å². The average molecular weight is 785 g/mol. The second-order valence-electron chi connectivity index (χ2n) is 12.5. The van der Waals surface area contributed by atoms with E-state index >= 15 is 0 Å². The van der Waals surface area contributed by atoms with Gasteiger partial charge in [-0.1, -0.05) is 54.6 Å². The van der Waals surface area contributed by atoms with E-state index < -0.39 is 17.1 Å². The van der Waals surface area contributed by atoms with Crippen LogP contribution < -0.4 is 10.1 Å². The van der Waals surface area contributed by atoms with Crippen molar-refractivity contribution in [2.45, 2.75) is 46.3 Å². The number of nitrogens with zero attached hydrogens (tertiary/aromatic N) is 6. The number of methoxy groups -OCH3 is 1. The smallest absolute Gasteiger partial charge is 0.295 e. The van der Waals surface area contributed by atoms with Gasteiger partial charge in [0.05, 0.1) is 42.4 Å². The Labute approximate surface area is 298 Å². The predicted octanol–water partition coefficient (Wildman–Crippen LogP) is 3.58. The molecule has 1 unspecified atom stereocenters. The fourth-order valence-electron chi connectivity index (χ4n) is 5.49. The summed E-state index contributed by atoms with van der Waals surface area (Å²) in [5.41, 5.74) is 0.488. The maximum atomic E-state index is 13.6. The van der Waals surface area contributed by atoms with E-state index in [0.717, 1.165) is 10.8 Å². The maximum absolute atomic E-state index is 13.6. The Morgan fingerprint density at radius 2 is 1.78 bits per heavy atom. The van der Waals surface area contributed by atoms with Crippen molar-refractivity contribution in [2.24, 2.45) is 5.41 Å². The number of Topliss-reactive ketones (excluding diaryl/α,β-unsaturated/α-hetero) is 1. The molecule has 49 heavy (non-hydrogen) atoms. The molecule has 0 saturated carbocycles. The minimum absolute atomic E-state index is 0.105. The molecular formula is C34H41IN8O6. The van der Waals surface area contributed by atoms with Gasteiger partial charge in [-0.25, -0.2) is 14.6 Å². The van der Waals surface area contributed by atoms with Crippen LogP contribution in [0.5, 0.6) is 5.75 Å². The zero-order chi connectivity index (χ0) is 35.1. The highest BCUT2D eigenvalue weighted by Crippen LogP contribution is 2.32. The predicted molar refractivity (Wildman–Crippen MR) is 190 cm³/mol. The summed E-state index contributed by atoms with van der Waals surface area (Å²) in [7, 11) is 1.46. The van der Waals surface area contributed by atoms with Gasteiger partial charge in [0, 0.05) is 54.4 Å². The third-order valence-electron chi connectivity index (χ3n) is 8.61. The van der Waals surface area contributed by atoms with Crippen molar-refractivity contribution >= 4 is 57.0 Å². The zero-order valence-corrected chi connectivity index (χ0v) is 30.2. The van der Waals surface area contributed by atoms with E-state index in [2.05, 4.69) is 48.0 Å². The minimum Gasteiger partial charge on any atom is -0.494 e. The van der Waals surface area contributed by atoms with Crippen molar-refractivity contribution in [2.75, 3.05) is 44.3 Å². The lowest BCUT2D eigenvalue weighted by molar-refractivity contribution is -0.131. The summed E-state index contributed by atoms with van der Waals surface area (Å²) in [4.78, 5) is 67.8. The first-order chi connectivity index (χ1) is 23.5. The Balaban J connectivity index is 1.24. The Kier molecular flexibility index (Phi) is 11.6. The van der Waals surface area contributed by atoms with Gasteiger partial charge in [0.2, 0.25) is 5.91 Å². The first kappa shape index (κ1) is 35.9. The summed E-state index contributed by atoms with van der Waals surface area (Å²) in [6.07, 6.45) is 6.06. The van der Waals surface area contributed by atoms with Crippen LogP contribution in [0.15, 0.2) is 49.1 Å². The molecule has 4 heterocycles. The van der Waals surface area contributed by atoms with Crippen molar-refractivity contribution in [1.29, 1.82) is 0 Å². The van der Waals surface area contributed by atoms with Gasteiger partial charge in [-0.15, -0.1) is 5.10 Å². The number of nitrogens with one attached hydrogen (secondary N) is 2. The number of amides is 3. The Morgan fingerprint density at radius 1 is 1.06 bits per heavy atom. The summed E-state index contributed by atoms with van der Waals surface area (Å²) < 4.78 is 13.8. The lowest BCUT2D eigenvalue weighted by Crippen LogP contribution is -2.52. The number of benzene rings is 1. The molecule has 4 aromatic rings. The molecule has 3 aromatic heterocycles. The van der Waals surface area contributed by atoms with E-state index in [1.165, 1.54) is 35.4 Å². The van der Waals surface area contributed by atoms with Gasteiger partial charge in [0.1, 0.15) is 12.1 Å². The average Bonchev–Trinajstić information content (AvgIpc) is 3.78. The summed E-state index contributed by atoms with van der Waals surface area (Å²) in [5, 5.41) is 7.79. The van der Waals surface area contributed by atoms with Crippen LogP contribution in [0.3, 0.4) is 0 Å². The highest BCUT2D eigenvalue weighted by Gasteiger charge is 2.32. The lowest BCUT2D eigenvalue weighted by Gasteiger charge is -2.34. The molecule has 1 fully saturated rings. The standard InChI is InChI=1S/C34H41IN8O6/c1-22(10-12-35)49-17-11-34(2,3)33(47)38-20-26-39-21-43(40-26)30-28-27(25(48-4)19-37-30)24(18-36-28)29(44)32(46)42-15-13-41(14-16-42)31(45)23-8-6-5-7-9-23/h5-9,18-19,21-22,36H,10-17,20H2,1-4H3,(H,38,47). The number of aromatic amines is 1. The number of piperazine rings is 1. The van der Waals surface area contributed by atoms with Crippen molar-refractivity contribution < 1.29 is 28.7 Å². The highest BCUT2D eigenvalue weighted by atomic mass is 127. The van der Waals surface area contributed by atoms with Gasteiger partial charge in [-0.2, -0.15) is 0 Å². The number of aromatic nitrogens is 5. The van der Waals surface area contributed by atoms with Crippen molar-refractivity contribution in [3.63, 3.8) is 0 Å². The van der Waals surface area contributed by atoms with Gasteiger partial charge in [0.15, 0.2) is 11.6 Å². The quantitative estimate of drug-likeness (QED) is 0.0842. The lowest BCUT2D eigenvalue weighted by atomic mass is 9.88. The first-order valence-corrected chi connectivity index (χ1v) is 17.7.